The molecule has 35 heavy (non-hydrogen) atoms. The van der Waals surface area contributed by atoms with Gasteiger partial charge in [-0.15, -0.1) is 0 Å². The van der Waals surface area contributed by atoms with Gasteiger partial charge in [0.05, 0.1) is 50.8 Å². The van der Waals surface area contributed by atoms with E-state index >= 15 is 0 Å². The molecular weight excluding hydrogens is 478 g/mol. The summed E-state index contributed by atoms with van der Waals surface area (Å²) in [6.07, 6.45) is 2.78. The number of rotatable bonds is 8. The van der Waals surface area contributed by atoms with Crippen molar-refractivity contribution in [2.24, 2.45) is 0 Å². The molecule has 2 aromatic carbocycles. The number of carbonyl (C=O) groups is 1. The first-order chi connectivity index (χ1) is 16.9. The highest BCUT2D eigenvalue weighted by molar-refractivity contribution is 7.89. The Morgan fingerprint density at radius 3 is 2.29 bits per heavy atom. The third-order valence-corrected chi connectivity index (χ3v) is 7.31. The van der Waals surface area contributed by atoms with Crippen molar-refractivity contribution in [2.45, 2.75) is 4.90 Å². The molecule has 1 fully saturated rings. The minimum Gasteiger partial charge on any atom is -0.493 e. The van der Waals surface area contributed by atoms with Crippen LogP contribution >= 0.6 is 0 Å². The monoisotopic (exact) mass is 503 g/mol. The zero-order chi connectivity index (χ0) is 25.0. The Labute approximate surface area is 202 Å². The molecule has 186 valence electrons. The predicted octanol–water partition coefficient (Wildman–Crippen LogP) is 1.57. The molecule has 0 aliphatic carbocycles. The van der Waals surface area contributed by atoms with E-state index in [1.807, 2.05) is 0 Å². The van der Waals surface area contributed by atoms with E-state index in [2.05, 4.69) is 15.4 Å². The van der Waals surface area contributed by atoms with Crippen molar-refractivity contribution >= 4 is 21.6 Å². The summed E-state index contributed by atoms with van der Waals surface area (Å²) in [5, 5.41) is 6.89. The molecule has 1 aliphatic rings. The average molecular weight is 504 g/mol. The van der Waals surface area contributed by atoms with Crippen LogP contribution in [-0.4, -0.2) is 81.0 Å². The van der Waals surface area contributed by atoms with Crippen LogP contribution in [0, 0.1) is 0 Å². The molecule has 0 atom stereocenters. The number of methoxy groups -OCH3 is 3. The molecule has 12 nitrogen and oxygen atoms in total. The van der Waals surface area contributed by atoms with Gasteiger partial charge in [0.1, 0.15) is 12.7 Å². The van der Waals surface area contributed by atoms with Crippen molar-refractivity contribution in [1.82, 2.24) is 19.1 Å². The van der Waals surface area contributed by atoms with Gasteiger partial charge in [0, 0.05) is 18.7 Å². The van der Waals surface area contributed by atoms with Crippen molar-refractivity contribution in [3.05, 3.63) is 48.5 Å². The molecule has 0 saturated carbocycles. The Bertz CT molecular complexity index is 1280. The van der Waals surface area contributed by atoms with E-state index in [4.69, 9.17) is 18.9 Å². The molecule has 3 aromatic rings. The highest BCUT2D eigenvalue weighted by atomic mass is 32.2. The molecule has 13 heteroatoms. The number of nitrogens with zero attached hydrogens (tertiary/aromatic N) is 4. The van der Waals surface area contributed by atoms with E-state index < -0.39 is 15.9 Å². The Morgan fingerprint density at radius 2 is 1.71 bits per heavy atom. The smallest absolute Gasteiger partial charge is 0.256 e. The van der Waals surface area contributed by atoms with E-state index in [-0.39, 0.29) is 29.2 Å². The molecule has 1 N–H and O–H groups in total. The zero-order valence-electron chi connectivity index (χ0n) is 19.4. The lowest BCUT2D eigenvalue weighted by molar-refractivity contribution is 0.0730. The van der Waals surface area contributed by atoms with Crippen molar-refractivity contribution in [3.63, 3.8) is 0 Å². The van der Waals surface area contributed by atoms with Crippen LogP contribution in [0.1, 0.15) is 10.4 Å². The van der Waals surface area contributed by atoms with Crippen LogP contribution in [0.4, 0.5) is 5.69 Å². The summed E-state index contributed by atoms with van der Waals surface area (Å²) in [4.78, 5) is 17.2. The first-order valence-electron chi connectivity index (χ1n) is 10.6. The number of aromatic nitrogens is 3. The summed E-state index contributed by atoms with van der Waals surface area (Å²) in [6.45, 7) is 1.14. The molecule has 2 heterocycles. The largest absolute Gasteiger partial charge is 0.493 e. The fourth-order valence-corrected chi connectivity index (χ4v) is 5.09. The average Bonchev–Trinajstić information content (AvgIpc) is 3.43. The number of benzene rings is 2. The molecule has 1 saturated heterocycles. The second-order valence-corrected chi connectivity index (χ2v) is 9.34. The molecular formula is C22H25N5O7S. The molecule has 1 aliphatic heterocycles. The summed E-state index contributed by atoms with van der Waals surface area (Å²) in [6, 6.07) is 7.43. The Balaban J connectivity index is 1.74. The van der Waals surface area contributed by atoms with Crippen molar-refractivity contribution < 1.29 is 32.2 Å². The topological polar surface area (TPSA) is 134 Å². The van der Waals surface area contributed by atoms with Crippen LogP contribution in [-0.2, 0) is 14.8 Å². The highest BCUT2D eigenvalue weighted by Gasteiger charge is 2.28. The van der Waals surface area contributed by atoms with Crippen molar-refractivity contribution in [1.29, 1.82) is 0 Å². The summed E-state index contributed by atoms with van der Waals surface area (Å²) in [5.74, 6) is 0.425. The Morgan fingerprint density at radius 1 is 1.03 bits per heavy atom. The lowest BCUT2D eigenvalue weighted by Gasteiger charge is -2.26. The Kier molecular flexibility index (Phi) is 7.19. The molecule has 1 aromatic heterocycles. The molecule has 0 bridgehead atoms. The normalized spacial score (nSPS) is 14.4. The van der Waals surface area contributed by atoms with E-state index in [0.717, 1.165) is 0 Å². The SMILES string of the molecule is COc1cc(C(=O)Nc2cc(S(=O)(=O)N3CCOCC3)ccc2-n2cncn2)cc(OC)c1OC. The number of hydrogen-bond acceptors (Lipinski definition) is 9. The maximum atomic E-state index is 13.2. The number of amides is 1. The summed E-state index contributed by atoms with van der Waals surface area (Å²) in [5.41, 5.74) is 0.873. The number of nitrogens with one attached hydrogen (secondary N) is 1. The molecule has 0 spiro atoms. The quantitative estimate of drug-likeness (QED) is 0.486. The van der Waals surface area contributed by atoms with Crippen LogP contribution in [0.15, 0.2) is 47.9 Å². The number of ether oxygens (including phenoxy) is 4. The van der Waals surface area contributed by atoms with E-state index in [1.165, 1.54) is 67.2 Å². The summed E-state index contributed by atoms with van der Waals surface area (Å²) >= 11 is 0. The maximum Gasteiger partial charge on any atom is 0.256 e. The van der Waals surface area contributed by atoms with Crippen LogP contribution in [0.5, 0.6) is 17.2 Å². The minimum absolute atomic E-state index is 0.0310. The number of hydrogen-bond donors (Lipinski definition) is 1. The molecule has 0 unspecified atom stereocenters. The van der Waals surface area contributed by atoms with Gasteiger partial charge in [-0.3, -0.25) is 4.79 Å². The number of morpholine rings is 1. The highest BCUT2D eigenvalue weighted by Crippen LogP contribution is 2.38. The second-order valence-electron chi connectivity index (χ2n) is 7.40. The van der Waals surface area contributed by atoms with Gasteiger partial charge in [0.15, 0.2) is 11.5 Å². The van der Waals surface area contributed by atoms with Crippen LogP contribution in [0.25, 0.3) is 5.69 Å². The van der Waals surface area contributed by atoms with Gasteiger partial charge >= 0.3 is 0 Å². The van der Waals surface area contributed by atoms with E-state index in [9.17, 15) is 13.2 Å². The van der Waals surface area contributed by atoms with Gasteiger partial charge in [-0.25, -0.2) is 18.1 Å². The molecule has 4 rings (SSSR count). The first kappa shape index (κ1) is 24.4. The van der Waals surface area contributed by atoms with Gasteiger partial charge in [-0.05, 0) is 30.3 Å². The predicted molar refractivity (Wildman–Crippen MR) is 125 cm³/mol. The molecule has 0 radical (unpaired) electrons. The molecule has 1 amide bonds. The zero-order valence-corrected chi connectivity index (χ0v) is 20.2. The lowest BCUT2D eigenvalue weighted by Crippen LogP contribution is -2.40. The minimum atomic E-state index is -3.80. The number of anilines is 1. The fraction of sp³-hybridized carbons (Fsp3) is 0.318. The second kappa shape index (κ2) is 10.3. The maximum absolute atomic E-state index is 13.2. The Hall–Kier alpha value is -3.68. The van der Waals surface area contributed by atoms with Gasteiger partial charge < -0.3 is 24.3 Å². The van der Waals surface area contributed by atoms with Crippen LogP contribution in [0.3, 0.4) is 0 Å². The van der Waals surface area contributed by atoms with E-state index in [1.54, 1.807) is 6.07 Å². The summed E-state index contributed by atoms with van der Waals surface area (Å²) < 4.78 is 50.4. The number of carbonyl (C=O) groups excluding carboxylic acids is 1. The number of sulfonamides is 1. The van der Waals surface area contributed by atoms with Crippen molar-refractivity contribution in [2.75, 3.05) is 52.9 Å². The third kappa shape index (κ3) is 4.92. The van der Waals surface area contributed by atoms with Crippen molar-refractivity contribution in [3.8, 4) is 22.9 Å². The summed E-state index contributed by atoms with van der Waals surface area (Å²) in [7, 11) is 0.555. The standard InChI is InChI=1S/C22H25N5O7S/c1-31-19-10-15(11-20(32-2)21(19)33-3)22(28)25-17-12-16(4-5-18(17)27-14-23-13-24-27)35(29,30)26-6-8-34-9-7-26/h4-5,10-14H,6-9H2,1-3H3,(H,25,28). The van der Waals surface area contributed by atoms with Crippen LogP contribution < -0.4 is 19.5 Å². The van der Waals surface area contributed by atoms with E-state index in [0.29, 0.717) is 36.1 Å². The lowest BCUT2D eigenvalue weighted by atomic mass is 10.1. The van der Waals surface area contributed by atoms with Gasteiger partial charge in [0.25, 0.3) is 5.91 Å². The third-order valence-electron chi connectivity index (χ3n) is 5.42. The van der Waals surface area contributed by atoms with Gasteiger partial charge in [-0.2, -0.15) is 9.40 Å². The first-order valence-corrected chi connectivity index (χ1v) is 12.0. The van der Waals surface area contributed by atoms with Crippen LogP contribution in [0.2, 0.25) is 0 Å². The van der Waals surface area contributed by atoms with Gasteiger partial charge in [0.2, 0.25) is 15.8 Å². The van der Waals surface area contributed by atoms with Gasteiger partial charge in [-0.1, -0.05) is 0 Å². The fourth-order valence-electron chi connectivity index (χ4n) is 3.65.